The second-order valence-corrected chi connectivity index (χ2v) is 4.33. The zero-order valence-electron chi connectivity index (χ0n) is 9.05. The predicted octanol–water partition coefficient (Wildman–Crippen LogP) is 3.77. The van der Waals surface area contributed by atoms with Crippen molar-refractivity contribution in [3.63, 3.8) is 0 Å². The average molecular weight is 217 g/mol. The number of hydrogen-bond donors (Lipinski definition) is 0. The van der Waals surface area contributed by atoms with Gasteiger partial charge in [-0.2, -0.15) is 0 Å². The summed E-state index contributed by atoms with van der Waals surface area (Å²) < 4.78 is 5.77. The number of alkyl halides is 1. The molecule has 0 heterocycles. The predicted molar refractivity (Wildman–Crippen MR) is 61.8 cm³/mol. The normalized spacial score (nSPS) is 28.4. The van der Waals surface area contributed by atoms with Crippen LogP contribution in [0.5, 0.6) is 0 Å². The molecule has 2 unspecified atom stereocenters. The molecule has 1 saturated carbocycles. The van der Waals surface area contributed by atoms with Crippen LogP contribution in [0.4, 0.5) is 0 Å². The van der Waals surface area contributed by atoms with Crippen LogP contribution in [0.1, 0.15) is 39.0 Å². The first-order valence-electron chi connectivity index (χ1n) is 5.69. The zero-order chi connectivity index (χ0) is 10.2. The van der Waals surface area contributed by atoms with Gasteiger partial charge in [0.1, 0.15) is 0 Å². The van der Waals surface area contributed by atoms with Gasteiger partial charge in [0.2, 0.25) is 0 Å². The fourth-order valence-corrected chi connectivity index (χ4v) is 2.21. The Bertz CT molecular complexity index is 168. The van der Waals surface area contributed by atoms with E-state index in [1.807, 2.05) is 12.2 Å². The van der Waals surface area contributed by atoms with Crippen LogP contribution < -0.4 is 0 Å². The molecule has 0 saturated heterocycles. The summed E-state index contributed by atoms with van der Waals surface area (Å²) >= 11 is 5.53. The van der Waals surface area contributed by atoms with Crippen LogP contribution in [0.15, 0.2) is 12.2 Å². The number of hydrogen-bond acceptors (Lipinski definition) is 1. The Morgan fingerprint density at radius 1 is 1.36 bits per heavy atom. The third-order valence-corrected chi connectivity index (χ3v) is 3.17. The van der Waals surface area contributed by atoms with Crippen LogP contribution >= 0.6 is 11.6 Å². The lowest BCUT2D eigenvalue weighted by Gasteiger charge is -2.28. The van der Waals surface area contributed by atoms with Crippen molar-refractivity contribution in [1.82, 2.24) is 0 Å². The summed E-state index contributed by atoms with van der Waals surface area (Å²) in [5, 5.41) is 0. The molecule has 0 aliphatic heterocycles. The highest BCUT2D eigenvalue weighted by atomic mass is 35.5. The lowest BCUT2D eigenvalue weighted by atomic mass is 9.85. The second kappa shape index (κ2) is 7.30. The van der Waals surface area contributed by atoms with Crippen LogP contribution in [0.3, 0.4) is 0 Å². The van der Waals surface area contributed by atoms with E-state index in [4.69, 9.17) is 16.3 Å². The van der Waals surface area contributed by atoms with Gasteiger partial charge in [-0.3, -0.25) is 0 Å². The highest BCUT2D eigenvalue weighted by Crippen LogP contribution is 2.28. The summed E-state index contributed by atoms with van der Waals surface area (Å²) in [5.74, 6) is 1.48. The Labute approximate surface area is 92.5 Å². The number of rotatable bonds is 5. The minimum Gasteiger partial charge on any atom is -0.374 e. The number of halogens is 1. The van der Waals surface area contributed by atoms with Crippen molar-refractivity contribution in [2.45, 2.75) is 45.1 Å². The van der Waals surface area contributed by atoms with Gasteiger partial charge in [-0.25, -0.2) is 0 Å². The standard InChI is InChI=1S/C12H21ClO/c1-2-11-6-5-7-12(10-11)14-9-4-3-8-13/h3-4,11-12H,2,5-10H2,1H3. The highest BCUT2D eigenvalue weighted by molar-refractivity contribution is 6.18. The van der Waals surface area contributed by atoms with E-state index in [2.05, 4.69) is 6.92 Å². The van der Waals surface area contributed by atoms with E-state index in [1.165, 1.54) is 32.1 Å². The van der Waals surface area contributed by atoms with Gasteiger partial charge in [0.25, 0.3) is 0 Å². The fourth-order valence-electron chi connectivity index (χ4n) is 2.09. The molecule has 2 heteroatoms. The Morgan fingerprint density at radius 2 is 2.21 bits per heavy atom. The summed E-state index contributed by atoms with van der Waals surface area (Å²) in [4.78, 5) is 0. The van der Waals surface area contributed by atoms with Crippen molar-refractivity contribution >= 4 is 11.6 Å². The maximum Gasteiger partial charge on any atom is 0.0651 e. The van der Waals surface area contributed by atoms with Gasteiger partial charge in [-0.1, -0.05) is 38.3 Å². The molecule has 2 atom stereocenters. The Hall–Kier alpha value is -0.0100. The summed E-state index contributed by atoms with van der Waals surface area (Å²) in [6.07, 6.45) is 11.0. The van der Waals surface area contributed by atoms with Crippen molar-refractivity contribution < 1.29 is 4.74 Å². The minimum atomic E-state index is 0.494. The molecule has 0 aromatic carbocycles. The number of ether oxygens (including phenoxy) is 1. The van der Waals surface area contributed by atoms with Crippen molar-refractivity contribution in [1.29, 1.82) is 0 Å². The molecule has 0 amide bonds. The summed E-state index contributed by atoms with van der Waals surface area (Å²) in [5.41, 5.74) is 0. The summed E-state index contributed by atoms with van der Waals surface area (Å²) in [7, 11) is 0. The SMILES string of the molecule is CCC1CCCC(OCC=CCCl)C1. The van der Waals surface area contributed by atoms with Gasteiger partial charge in [-0.15, -0.1) is 11.6 Å². The van der Waals surface area contributed by atoms with E-state index < -0.39 is 0 Å². The van der Waals surface area contributed by atoms with Gasteiger partial charge in [-0.05, 0) is 18.8 Å². The smallest absolute Gasteiger partial charge is 0.0651 e. The third-order valence-electron chi connectivity index (χ3n) is 3.00. The Kier molecular flexibility index (Phi) is 6.29. The minimum absolute atomic E-state index is 0.494. The molecule has 14 heavy (non-hydrogen) atoms. The molecule has 0 aromatic heterocycles. The Morgan fingerprint density at radius 3 is 2.93 bits per heavy atom. The van der Waals surface area contributed by atoms with E-state index >= 15 is 0 Å². The molecular weight excluding hydrogens is 196 g/mol. The molecule has 1 aliphatic carbocycles. The number of allylic oxidation sites excluding steroid dienone is 1. The van der Waals surface area contributed by atoms with Gasteiger partial charge in [0.05, 0.1) is 12.7 Å². The molecule has 0 aromatic rings. The summed E-state index contributed by atoms with van der Waals surface area (Å²) in [6, 6.07) is 0. The van der Waals surface area contributed by atoms with Gasteiger partial charge in [0.15, 0.2) is 0 Å². The van der Waals surface area contributed by atoms with E-state index in [1.54, 1.807) is 0 Å². The molecule has 0 spiro atoms. The second-order valence-electron chi connectivity index (χ2n) is 4.02. The lowest BCUT2D eigenvalue weighted by molar-refractivity contribution is 0.0285. The lowest BCUT2D eigenvalue weighted by Crippen LogP contribution is -2.22. The zero-order valence-corrected chi connectivity index (χ0v) is 9.80. The van der Waals surface area contributed by atoms with Gasteiger partial charge in [0, 0.05) is 5.88 Å². The first-order valence-corrected chi connectivity index (χ1v) is 6.22. The van der Waals surface area contributed by atoms with Gasteiger partial charge < -0.3 is 4.74 Å². The maximum absolute atomic E-state index is 5.77. The quantitative estimate of drug-likeness (QED) is 0.502. The topological polar surface area (TPSA) is 9.23 Å². The largest absolute Gasteiger partial charge is 0.374 e. The Balaban J connectivity index is 2.14. The van der Waals surface area contributed by atoms with E-state index in [-0.39, 0.29) is 0 Å². The molecule has 1 rings (SSSR count). The van der Waals surface area contributed by atoms with Crippen molar-refractivity contribution in [2.24, 2.45) is 5.92 Å². The van der Waals surface area contributed by atoms with E-state index in [0.717, 1.165) is 12.5 Å². The molecule has 1 nitrogen and oxygen atoms in total. The molecule has 1 fully saturated rings. The maximum atomic E-state index is 5.77. The monoisotopic (exact) mass is 216 g/mol. The average Bonchev–Trinajstić information content (AvgIpc) is 2.25. The molecule has 82 valence electrons. The first-order chi connectivity index (χ1) is 6.86. The van der Waals surface area contributed by atoms with Crippen molar-refractivity contribution in [3.8, 4) is 0 Å². The van der Waals surface area contributed by atoms with Crippen molar-refractivity contribution in [2.75, 3.05) is 12.5 Å². The summed E-state index contributed by atoms with van der Waals surface area (Å²) in [6.45, 7) is 3.01. The first kappa shape index (κ1) is 12.1. The van der Waals surface area contributed by atoms with Crippen molar-refractivity contribution in [3.05, 3.63) is 12.2 Å². The molecule has 0 bridgehead atoms. The molecule has 0 N–H and O–H groups in total. The van der Waals surface area contributed by atoms with Crippen LogP contribution in [-0.2, 0) is 4.74 Å². The third kappa shape index (κ3) is 4.47. The van der Waals surface area contributed by atoms with Gasteiger partial charge >= 0.3 is 0 Å². The fraction of sp³-hybridized carbons (Fsp3) is 0.833. The molecule has 1 aliphatic rings. The van der Waals surface area contributed by atoms with Crippen LogP contribution in [0, 0.1) is 5.92 Å². The van der Waals surface area contributed by atoms with E-state index in [9.17, 15) is 0 Å². The van der Waals surface area contributed by atoms with Crippen LogP contribution in [-0.4, -0.2) is 18.6 Å². The van der Waals surface area contributed by atoms with E-state index in [0.29, 0.717) is 12.0 Å². The molecular formula is C12H21ClO. The van der Waals surface area contributed by atoms with Crippen LogP contribution in [0.25, 0.3) is 0 Å². The highest BCUT2D eigenvalue weighted by Gasteiger charge is 2.20. The molecule has 0 radical (unpaired) electrons. The van der Waals surface area contributed by atoms with Crippen LogP contribution in [0.2, 0.25) is 0 Å².